The van der Waals surface area contributed by atoms with Crippen molar-refractivity contribution in [2.75, 3.05) is 5.32 Å². The van der Waals surface area contributed by atoms with Gasteiger partial charge in [0.25, 0.3) is 0 Å². The van der Waals surface area contributed by atoms with Gasteiger partial charge in [0.15, 0.2) is 0 Å². The third-order valence-corrected chi connectivity index (χ3v) is 2.67. The van der Waals surface area contributed by atoms with Crippen molar-refractivity contribution < 1.29 is 9.90 Å². The largest absolute Gasteiger partial charge is 0.478 e. The highest BCUT2D eigenvalue weighted by atomic mass is 35.5. The van der Waals surface area contributed by atoms with Gasteiger partial charge in [-0.25, -0.2) is 4.79 Å². The minimum absolute atomic E-state index is 0.214. The molecule has 0 aliphatic carbocycles. The molecule has 0 aromatic heterocycles. The molecule has 0 saturated heterocycles. The Kier molecular flexibility index (Phi) is 4.82. The van der Waals surface area contributed by atoms with Crippen LogP contribution >= 0.6 is 11.6 Å². The van der Waals surface area contributed by atoms with E-state index in [1.165, 1.54) is 6.07 Å². The third kappa shape index (κ3) is 4.27. The van der Waals surface area contributed by atoms with Gasteiger partial charge >= 0.3 is 5.97 Å². The van der Waals surface area contributed by atoms with Gasteiger partial charge in [-0.2, -0.15) is 0 Å². The van der Waals surface area contributed by atoms with E-state index in [9.17, 15) is 4.79 Å². The number of nitrogens with one attached hydrogen (secondary N) is 1. The van der Waals surface area contributed by atoms with Crippen molar-refractivity contribution in [2.45, 2.75) is 33.2 Å². The van der Waals surface area contributed by atoms with E-state index in [1.54, 1.807) is 12.1 Å². The number of benzene rings is 1. The first-order valence-electron chi connectivity index (χ1n) is 5.69. The Morgan fingerprint density at radius 2 is 2.06 bits per heavy atom. The van der Waals surface area contributed by atoms with Crippen LogP contribution in [0.3, 0.4) is 0 Å². The van der Waals surface area contributed by atoms with Gasteiger partial charge in [-0.05, 0) is 37.5 Å². The van der Waals surface area contributed by atoms with Crippen LogP contribution in [-0.2, 0) is 0 Å². The molecule has 0 saturated carbocycles. The number of anilines is 1. The maximum atomic E-state index is 11.1. The molecule has 0 fully saturated rings. The molecule has 0 aliphatic rings. The van der Waals surface area contributed by atoms with Gasteiger partial charge in [0.05, 0.1) is 11.3 Å². The molecule has 1 aromatic rings. The number of rotatable bonds is 5. The molecule has 0 spiro atoms. The summed E-state index contributed by atoms with van der Waals surface area (Å²) in [6.07, 6.45) is 0.978. The monoisotopic (exact) mass is 255 g/mol. The molecular weight excluding hydrogens is 238 g/mol. The molecule has 3 nitrogen and oxygen atoms in total. The zero-order valence-corrected chi connectivity index (χ0v) is 11.1. The summed E-state index contributed by atoms with van der Waals surface area (Å²) in [5.74, 6) is -0.383. The summed E-state index contributed by atoms with van der Waals surface area (Å²) in [6.45, 7) is 6.30. The molecule has 0 heterocycles. The average Bonchev–Trinajstić information content (AvgIpc) is 2.15. The van der Waals surface area contributed by atoms with Gasteiger partial charge in [-0.1, -0.05) is 25.4 Å². The number of carboxylic acids is 1. The number of halogens is 1. The van der Waals surface area contributed by atoms with Gasteiger partial charge in [-0.3, -0.25) is 0 Å². The molecular formula is C13H18ClNO2. The Morgan fingerprint density at radius 1 is 1.41 bits per heavy atom. The van der Waals surface area contributed by atoms with Gasteiger partial charge < -0.3 is 10.4 Å². The summed E-state index contributed by atoms with van der Waals surface area (Å²) in [5, 5.41) is 12.8. The predicted molar refractivity (Wildman–Crippen MR) is 71.0 cm³/mol. The maximum Gasteiger partial charge on any atom is 0.337 e. The van der Waals surface area contributed by atoms with Crippen LogP contribution in [0.25, 0.3) is 0 Å². The molecule has 0 amide bonds. The van der Waals surface area contributed by atoms with E-state index >= 15 is 0 Å². The summed E-state index contributed by atoms with van der Waals surface area (Å²) < 4.78 is 0. The Balaban J connectivity index is 2.88. The second-order valence-corrected chi connectivity index (χ2v) is 5.11. The number of carbonyl (C=O) groups is 1. The Labute approximate surface area is 107 Å². The van der Waals surface area contributed by atoms with Crippen LogP contribution < -0.4 is 5.32 Å². The maximum absolute atomic E-state index is 11.1. The minimum atomic E-state index is -0.944. The fourth-order valence-corrected chi connectivity index (χ4v) is 2.03. The van der Waals surface area contributed by atoms with E-state index in [-0.39, 0.29) is 11.6 Å². The summed E-state index contributed by atoms with van der Waals surface area (Å²) in [6, 6.07) is 4.98. The Bertz CT molecular complexity index is 404. The lowest BCUT2D eigenvalue weighted by Gasteiger charge is -2.18. The Hall–Kier alpha value is -1.22. The van der Waals surface area contributed by atoms with Crippen molar-refractivity contribution in [2.24, 2.45) is 5.92 Å². The quantitative estimate of drug-likeness (QED) is 0.839. The molecule has 1 unspecified atom stereocenters. The lowest BCUT2D eigenvalue weighted by atomic mass is 10.0. The highest BCUT2D eigenvalue weighted by molar-refractivity contribution is 6.31. The summed E-state index contributed by atoms with van der Waals surface area (Å²) in [4.78, 5) is 11.1. The van der Waals surface area contributed by atoms with E-state index in [2.05, 4.69) is 19.2 Å². The summed E-state index contributed by atoms with van der Waals surface area (Å²) in [5.41, 5.74) is 0.836. The highest BCUT2D eigenvalue weighted by Gasteiger charge is 2.13. The minimum Gasteiger partial charge on any atom is -0.478 e. The van der Waals surface area contributed by atoms with Crippen LogP contribution in [0, 0.1) is 5.92 Å². The average molecular weight is 256 g/mol. The van der Waals surface area contributed by atoms with Gasteiger partial charge in [0, 0.05) is 11.1 Å². The molecule has 1 atom stereocenters. The second kappa shape index (κ2) is 5.92. The van der Waals surface area contributed by atoms with Crippen LogP contribution in [-0.4, -0.2) is 17.1 Å². The van der Waals surface area contributed by atoms with Crippen LogP contribution in [0.2, 0.25) is 5.02 Å². The summed E-state index contributed by atoms with van der Waals surface area (Å²) >= 11 is 5.88. The van der Waals surface area contributed by atoms with Crippen LogP contribution in [0.15, 0.2) is 18.2 Å². The fraction of sp³-hybridized carbons (Fsp3) is 0.462. The van der Waals surface area contributed by atoms with Gasteiger partial charge in [0.1, 0.15) is 0 Å². The fourth-order valence-electron chi connectivity index (χ4n) is 1.85. The normalized spacial score (nSPS) is 12.5. The molecule has 1 aromatic carbocycles. The lowest BCUT2D eigenvalue weighted by Crippen LogP contribution is -2.19. The third-order valence-electron chi connectivity index (χ3n) is 2.44. The van der Waals surface area contributed by atoms with Gasteiger partial charge in [-0.15, -0.1) is 0 Å². The van der Waals surface area contributed by atoms with Crippen LogP contribution in [0.5, 0.6) is 0 Å². The second-order valence-electron chi connectivity index (χ2n) is 4.67. The lowest BCUT2D eigenvalue weighted by molar-refractivity contribution is 0.0698. The smallest absolute Gasteiger partial charge is 0.337 e. The van der Waals surface area contributed by atoms with E-state index in [0.29, 0.717) is 16.6 Å². The molecule has 0 aliphatic heterocycles. The predicted octanol–water partition coefficient (Wildman–Crippen LogP) is 3.88. The Morgan fingerprint density at radius 3 is 2.59 bits per heavy atom. The first-order chi connectivity index (χ1) is 7.90. The number of hydrogen-bond donors (Lipinski definition) is 2. The van der Waals surface area contributed by atoms with Crippen molar-refractivity contribution in [3.05, 3.63) is 28.8 Å². The van der Waals surface area contributed by atoms with E-state index < -0.39 is 5.97 Å². The van der Waals surface area contributed by atoms with Gasteiger partial charge in [0.2, 0.25) is 0 Å². The standard InChI is InChI=1S/C13H18ClNO2/c1-8(2)6-9(3)15-12-7-10(14)4-5-11(12)13(16)17/h4-5,7-9,15H,6H2,1-3H3,(H,16,17). The first kappa shape index (κ1) is 13.8. The van der Waals surface area contributed by atoms with E-state index in [0.717, 1.165) is 6.42 Å². The highest BCUT2D eigenvalue weighted by Crippen LogP contribution is 2.23. The number of hydrogen-bond acceptors (Lipinski definition) is 2. The molecule has 0 radical (unpaired) electrons. The zero-order chi connectivity index (χ0) is 13.0. The van der Waals surface area contributed by atoms with Crippen molar-refractivity contribution in [3.63, 3.8) is 0 Å². The number of carboxylic acid groups (broad SMARTS) is 1. The molecule has 94 valence electrons. The van der Waals surface area contributed by atoms with Crippen LogP contribution in [0.4, 0.5) is 5.69 Å². The first-order valence-corrected chi connectivity index (χ1v) is 6.07. The van der Waals surface area contributed by atoms with Crippen molar-refractivity contribution in [3.8, 4) is 0 Å². The molecule has 1 rings (SSSR count). The van der Waals surface area contributed by atoms with Crippen molar-refractivity contribution in [1.82, 2.24) is 0 Å². The molecule has 0 bridgehead atoms. The molecule has 4 heteroatoms. The van der Waals surface area contributed by atoms with E-state index in [1.807, 2.05) is 6.92 Å². The molecule has 2 N–H and O–H groups in total. The zero-order valence-electron chi connectivity index (χ0n) is 10.3. The SMILES string of the molecule is CC(C)CC(C)Nc1cc(Cl)ccc1C(=O)O. The molecule has 17 heavy (non-hydrogen) atoms. The van der Waals surface area contributed by atoms with E-state index in [4.69, 9.17) is 16.7 Å². The van der Waals surface area contributed by atoms with Crippen LogP contribution in [0.1, 0.15) is 37.6 Å². The van der Waals surface area contributed by atoms with Crippen molar-refractivity contribution >= 4 is 23.3 Å². The van der Waals surface area contributed by atoms with Crippen molar-refractivity contribution in [1.29, 1.82) is 0 Å². The summed E-state index contributed by atoms with van der Waals surface area (Å²) in [7, 11) is 0. The number of aromatic carboxylic acids is 1. The topological polar surface area (TPSA) is 49.3 Å².